The summed E-state index contributed by atoms with van der Waals surface area (Å²) in [5.74, 6) is -4.46. The molecule has 0 aromatic heterocycles. The lowest BCUT2D eigenvalue weighted by Gasteiger charge is -2.16. The van der Waals surface area contributed by atoms with E-state index in [1.165, 1.54) is 64.7 Å². The molecule has 0 saturated carbocycles. The largest absolute Gasteiger partial charge is 0.481 e. The van der Waals surface area contributed by atoms with Crippen LogP contribution in [0.5, 0.6) is 0 Å². The predicted octanol–water partition coefficient (Wildman–Crippen LogP) is 5.38. The summed E-state index contributed by atoms with van der Waals surface area (Å²) >= 11 is 0. The minimum absolute atomic E-state index is 0.00759. The first-order chi connectivity index (χ1) is 20.0. The number of carbonyl (C=O) groups excluding carboxylic acids is 3. The molecule has 0 aliphatic rings. The van der Waals surface area contributed by atoms with Gasteiger partial charge in [-0.25, -0.2) is 9.59 Å². The number of ketones is 1. The highest BCUT2D eigenvalue weighted by Crippen LogP contribution is 2.14. The lowest BCUT2D eigenvalue weighted by atomic mass is 10.0. The Labute approximate surface area is 250 Å². The van der Waals surface area contributed by atoms with E-state index >= 15 is 0 Å². The van der Waals surface area contributed by atoms with Crippen molar-refractivity contribution in [3.8, 4) is 0 Å². The number of carboxylic acids is 3. The Kier molecular flexibility index (Phi) is 23.9. The lowest BCUT2D eigenvalue weighted by Crippen LogP contribution is -2.44. The molecule has 5 N–H and O–H groups in total. The zero-order valence-corrected chi connectivity index (χ0v) is 25.5. The number of Topliss-reactive ketones (excluding diaryl/α,β-unsaturated/α-hetero) is 1. The second-order valence-electron chi connectivity index (χ2n) is 11.2. The maximum absolute atomic E-state index is 12.2. The van der Waals surface area contributed by atoms with Crippen molar-refractivity contribution < 1.29 is 44.1 Å². The van der Waals surface area contributed by atoms with E-state index in [1.807, 2.05) is 0 Å². The van der Waals surface area contributed by atoms with Crippen LogP contribution < -0.4 is 10.6 Å². The number of carbonyl (C=O) groups is 6. The van der Waals surface area contributed by atoms with Crippen LogP contribution in [0.1, 0.15) is 148 Å². The number of unbranched alkanes of at least 4 members (excludes halogenated alkanes) is 15. The van der Waals surface area contributed by atoms with E-state index in [4.69, 9.17) is 5.11 Å². The van der Waals surface area contributed by atoms with Gasteiger partial charge in [0.25, 0.3) is 0 Å². The average Bonchev–Trinajstić information content (AvgIpc) is 2.91. The van der Waals surface area contributed by atoms with Crippen LogP contribution in [0.3, 0.4) is 0 Å². The molecule has 0 aromatic rings. The molecule has 2 amide bonds. The van der Waals surface area contributed by atoms with Gasteiger partial charge in [-0.2, -0.15) is 0 Å². The Balaban J connectivity index is 3.80. The highest BCUT2D eigenvalue weighted by molar-refractivity contribution is 5.86. The predicted molar refractivity (Wildman–Crippen MR) is 159 cm³/mol. The van der Waals surface area contributed by atoms with Crippen molar-refractivity contribution >= 4 is 35.5 Å². The first-order valence-corrected chi connectivity index (χ1v) is 15.8. The zero-order chi connectivity index (χ0) is 31.6. The van der Waals surface area contributed by atoms with Gasteiger partial charge in [-0.15, -0.1) is 0 Å². The van der Waals surface area contributed by atoms with Gasteiger partial charge < -0.3 is 30.7 Å². The number of rotatable bonds is 29. The molecule has 0 saturated heterocycles. The quantitative estimate of drug-likeness (QED) is 0.0704. The van der Waals surface area contributed by atoms with Gasteiger partial charge in [-0.1, -0.05) is 89.9 Å². The fourth-order valence-corrected chi connectivity index (χ4v) is 4.71. The maximum atomic E-state index is 12.2. The van der Waals surface area contributed by atoms with Crippen molar-refractivity contribution in [2.45, 2.75) is 160 Å². The molecule has 0 bridgehead atoms. The van der Waals surface area contributed by atoms with E-state index in [0.717, 1.165) is 38.5 Å². The number of hydrogen-bond acceptors (Lipinski definition) is 6. The Morgan fingerprint density at radius 2 is 0.762 bits per heavy atom. The van der Waals surface area contributed by atoms with Gasteiger partial charge in [0.1, 0.15) is 17.9 Å². The van der Waals surface area contributed by atoms with Gasteiger partial charge >= 0.3 is 17.9 Å². The summed E-state index contributed by atoms with van der Waals surface area (Å²) in [5, 5.41) is 31.9. The smallest absolute Gasteiger partial charge is 0.326 e. The van der Waals surface area contributed by atoms with E-state index in [1.54, 1.807) is 0 Å². The van der Waals surface area contributed by atoms with Gasteiger partial charge in [0, 0.05) is 25.7 Å². The second kappa shape index (κ2) is 25.7. The van der Waals surface area contributed by atoms with E-state index in [2.05, 4.69) is 10.6 Å². The summed E-state index contributed by atoms with van der Waals surface area (Å²) in [6, 6.07) is -2.46. The summed E-state index contributed by atoms with van der Waals surface area (Å²) in [6.45, 7) is 1.33. The van der Waals surface area contributed by atoms with Gasteiger partial charge in [0.15, 0.2) is 0 Å². The van der Waals surface area contributed by atoms with Gasteiger partial charge in [0.05, 0.1) is 0 Å². The molecule has 242 valence electrons. The number of hydrogen-bond donors (Lipinski definition) is 5. The molecule has 0 heterocycles. The summed E-state index contributed by atoms with van der Waals surface area (Å²) in [6.07, 6.45) is 17.7. The second-order valence-corrected chi connectivity index (χ2v) is 11.2. The molecular weight excluding hydrogens is 544 g/mol. The van der Waals surface area contributed by atoms with Crippen LogP contribution in [0.4, 0.5) is 0 Å². The molecule has 0 rings (SSSR count). The number of aliphatic carboxylic acids is 3. The molecule has 42 heavy (non-hydrogen) atoms. The molecule has 11 nitrogen and oxygen atoms in total. The topological polar surface area (TPSA) is 187 Å². The van der Waals surface area contributed by atoms with Crippen LogP contribution in [-0.2, 0) is 28.8 Å². The van der Waals surface area contributed by atoms with Crippen molar-refractivity contribution in [1.82, 2.24) is 10.6 Å². The molecule has 2 unspecified atom stereocenters. The number of carboxylic acid groups (broad SMARTS) is 3. The summed E-state index contributed by atoms with van der Waals surface area (Å²) in [5.41, 5.74) is 0. The molecule has 11 heteroatoms. The van der Waals surface area contributed by atoms with Gasteiger partial charge in [-0.05, 0) is 32.6 Å². The lowest BCUT2D eigenvalue weighted by molar-refractivity contribution is -0.143. The Morgan fingerprint density at radius 3 is 1.10 bits per heavy atom. The monoisotopic (exact) mass is 598 g/mol. The van der Waals surface area contributed by atoms with Crippen LogP contribution in [-0.4, -0.2) is 62.9 Å². The number of nitrogens with one attached hydrogen (secondary N) is 2. The zero-order valence-electron chi connectivity index (χ0n) is 25.5. The molecule has 0 aliphatic heterocycles. The maximum Gasteiger partial charge on any atom is 0.326 e. The third-order valence-corrected chi connectivity index (χ3v) is 7.26. The van der Waals surface area contributed by atoms with E-state index in [0.29, 0.717) is 6.42 Å². The molecule has 0 aliphatic carbocycles. The number of amides is 2. The fraction of sp³-hybridized carbons (Fsp3) is 0.806. The molecule has 0 fully saturated rings. The van der Waals surface area contributed by atoms with E-state index < -0.39 is 35.9 Å². The minimum Gasteiger partial charge on any atom is -0.481 e. The summed E-state index contributed by atoms with van der Waals surface area (Å²) in [7, 11) is 0. The molecule has 0 spiro atoms. The third kappa shape index (κ3) is 24.8. The molecule has 0 radical (unpaired) electrons. The van der Waals surface area contributed by atoms with Crippen molar-refractivity contribution in [2.24, 2.45) is 0 Å². The summed E-state index contributed by atoms with van der Waals surface area (Å²) < 4.78 is 0. The standard InChI is InChI=1S/C31H54N2O9/c1-24(34)20-21-25(30(39)40)33-28(36)23-22-26(31(41)42)32-27(35)18-16-14-12-10-8-6-4-2-3-5-7-9-11-13-15-17-19-29(37)38/h25-26H,2-23H2,1H3,(H,32,35)(H,33,36)(H,37,38)(H,39,40)(H,41,42). The van der Waals surface area contributed by atoms with Crippen molar-refractivity contribution in [3.05, 3.63) is 0 Å². The van der Waals surface area contributed by atoms with Crippen molar-refractivity contribution in [2.75, 3.05) is 0 Å². The molecule has 2 atom stereocenters. The summed E-state index contributed by atoms with van der Waals surface area (Å²) in [4.78, 5) is 68.6. The highest BCUT2D eigenvalue weighted by Gasteiger charge is 2.24. The van der Waals surface area contributed by atoms with Crippen molar-refractivity contribution in [1.29, 1.82) is 0 Å². The van der Waals surface area contributed by atoms with Gasteiger partial charge in [0.2, 0.25) is 11.8 Å². The Bertz CT molecular complexity index is 816. The minimum atomic E-state index is -1.27. The first-order valence-electron chi connectivity index (χ1n) is 15.8. The molecular formula is C31H54N2O9. The Morgan fingerprint density at radius 1 is 0.452 bits per heavy atom. The van der Waals surface area contributed by atoms with Crippen LogP contribution in [0.2, 0.25) is 0 Å². The fourth-order valence-electron chi connectivity index (χ4n) is 4.71. The van der Waals surface area contributed by atoms with Crippen molar-refractivity contribution in [3.63, 3.8) is 0 Å². The van der Waals surface area contributed by atoms with Gasteiger partial charge in [-0.3, -0.25) is 14.4 Å². The third-order valence-electron chi connectivity index (χ3n) is 7.26. The average molecular weight is 599 g/mol. The van der Waals surface area contributed by atoms with Crippen LogP contribution in [0.15, 0.2) is 0 Å². The SMILES string of the molecule is CC(=O)CCC(NC(=O)CCC(NC(=O)CCCCCCCCCCCCCCCCCCC(=O)O)C(=O)O)C(=O)O. The molecule has 0 aromatic carbocycles. The normalized spacial score (nSPS) is 12.3. The van der Waals surface area contributed by atoms with Crippen LogP contribution in [0.25, 0.3) is 0 Å². The van der Waals surface area contributed by atoms with Crippen LogP contribution in [0, 0.1) is 0 Å². The Hall–Kier alpha value is -2.98. The van der Waals surface area contributed by atoms with E-state index in [-0.39, 0.29) is 50.2 Å². The first kappa shape index (κ1) is 39.0. The highest BCUT2D eigenvalue weighted by atomic mass is 16.4. The van der Waals surface area contributed by atoms with E-state index in [9.17, 15) is 39.0 Å². The van der Waals surface area contributed by atoms with Crippen LogP contribution >= 0.6 is 0 Å².